The van der Waals surface area contributed by atoms with Crippen molar-refractivity contribution < 1.29 is 4.39 Å². The minimum atomic E-state index is -0.284. The lowest BCUT2D eigenvalue weighted by atomic mass is 9.88. The number of fused-ring (bicyclic) bond motifs is 3. The van der Waals surface area contributed by atoms with Gasteiger partial charge in [0.1, 0.15) is 5.82 Å². The predicted molar refractivity (Wildman–Crippen MR) is 136 cm³/mol. The van der Waals surface area contributed by atoms with Gasteiger partial charge in [0.25, 0.3) is 0 Å². The maximum atomic E-state index is 14.6. The van der Waals surface area contributed by atoms with E-state index in [4.69, 9.17) is 11.6 Å². The van der Waals surface area contributed by atoms with Gasteiger partial charge in [0.05, 0.1) is 23.1 Å². The van der Waals surface area contributed by atoms with E-state index in [1.54, 1.807) is 12.1 Å². The Balaban J connectivity index is 1.36. The van der Waals surface area contributed by atoms with Gasteiger partial charge >= 0.3 is 0 Å². The van der Waals surface area contributed by atoms with Gasteiger partial charge in [-0.2, -0.15) is 0 Å². The number of benzene rings is 2. The van der Waals surface area contributed by atoms with Gasteiger partial charge in [0.2, 0.25) is 0 Å². The molecule has 0 saturated heterocycles. The van der Waals surface area contributed by atoms with E-state index in [0.717, 1.165) is 49.9 Å². The van der Waals surface area contributed by atoms with Crippen molar-refractivity contribution in [2.45, 2.75) is 51.1 Å². The van der Waals surface area contributed by atoms with Crippen LogP contribution in [0, 0.1) is 5.82 Å². The van der Waals surface area contributed by atoms with Gasteiger partial charge in [0, 0.05) is 36.3 Å². The van der Waals surface area contributed by atoms with E-state index < -0.39 is 0 Å². The second kappa shape index (κ2) is 8.91. The molecule has 7 heteroatoms. The molecule has 3 aliphatic heterocycles. The summed E-state index contributed by atoms with van der Waals surface area (Å²) < 4.78 is 14.6. The normalized spacial score (nSPS) is 23.0. The topological polar surface area (TPSA) is 42.6 Å². The quantitative estimate of drug-likeness (QED) is 0.525. The minimum Gasteiger partial charge on any atom is -0.376 e. The SMILES string of the molecule is CC1=C2c3ccc(C4=CCN(C5CCC5)CC4)cc3C(Nc3cc(Cl)ccc3F)CCN2NN1. The van der Waals surface area contributed by atoms with Gasteiger partial charge < -0.3 is 10.7 Å². The van der Waals surface area contributed by atoms with Crippen LogP contribution in [-0.2, 0) is 0 Å². The molecule has 0 radical (unpaired) electrons. The van der Waals surface area contributed by atoms with Gasteiger partial charge in [-0.05, 0) is 73.6 Å². The van der Waals surface area contributed by atoms with Crippen LogP contribution in [0.1, 0.15) is 61.8 Å². The second-order valence-corrected chi connectivity index (χ2v) is 10.3. The molecule has 0 bridgehead atoms. The Kier molecular flexibility index (Phi) is 5.76. The average molecular weight is 480 g/mol. The van der Waals surface area contributed by atoms with Crippen molar-refractivity contribution in [3.8, 4) is 0 Å². The Morgan fingerprint density at radius 2 is 1.97 bits per heavy atom. The molecule has 1 saturated carbocycles. The largest absolute Gasteiger partial charge is 0.376 e. The van der Waals surface area contributed by atoms with Crippen LogP contribution in [0.5, 0.6) is 0 Å². The van der Waals surface area contributed by atoms with Gasteiger partial charge in [-0.15, -0.1) is 5.53 Å². The third-order valence-electron chi connectivity index (χ3n) is 7.79. The number of hydrogen-bond donors (Lipinski definition) is 3. The van der Waals surface area contributed by atoms with Gasteiger partial charge in [0.15, 0.2) is 0 Å². The number of nitrogens with one attached hydrogen (secondary N) is 3. The zero-order chi connectivity index (χ0) is 23.2. The van der Waals surface area contributed by atoms with E-state index in [2.05, 4.69) is 57.4 Å². The van der Waals surface area contributed by atoms with Crippen molar-refractivity contribution in [2.24, 2.45) is 0 Å². The molecule has 1 aliphatic carbocycles. The molecule has 3 N–H and O–H groups in total. The van der Waals surface area contributed by atoms with E-state index in [1.807, 2.05) is 0 Å². The van der Waals surface area contributed by atoms with Crippen molar-refractivity contribution in [1.29, 1.82) is 0 Å². The Morgan fingerprint density at radius 1 is 1.09 bits per heavy atom. The van der Waals surface area contributed by atoms with Crippen LogP contribution >= 0.6 is 11.6 Å². The summed E-state index contributed by atoms with van der Waals surface area (Å²) in [6.45, 7) is 5.05. The lowest BCUT2D eigenvalue weighted by Gasteiger charge is -2.39. The third kappa shape index (κ3) is 3.98. The highest BCUT2D eigenvalue weighted by Gasteiger charge is 2.31. The molecule has 1 unspecified atom stereocenters. The van der Waals surface area contributed by atoms with Crippen LogP contribution in [0.2, 0.25) is 5.02 Å². The highest BCUT2D eigenvalue weighted by molar-refractivity contribution is 6.30. The summed E-state index contributed by atoms with van der Waals surface area (Å²) in [5.41, 5.74) is 14.3. The highest BCUT2D eigenvalue weighted by Crippen LogP contribution is 2.40. The molecule has 2 aromatic carbocycles. The fourth-order valence-corrected chi connectivity index (χ4v) is 5.81. The lowest BCUT2D eigenvalue weighted by molar-refractivity contribution is 0.141. The van der Waals surface area contributed by atoms with Crippen LogP contribution in [-0.4, -0.2) is 35.6 Å². The average Bonchev–Trinajstić information content (AvgIpc) is 3.10. The molecule has 1 atom stereocenters. The molecule has 3 heterocycles. The standard InChI is InChI=1S/C27H31ClFN5/c1-17-27-22-7-5-19(18-9-12-33(13-10-18)21-3-2-4-21)15-23(22)25(11-14-34(27)32-31-17)30-26-16-20(28)6-8-24(26)29/h5-9,15-16,21,25,30-32H,2-4,10-14H2,1H3. The summed E-state index contributed by atoms with van der Waals surface area (Å²) in [5, 5.41) is 6.15. The maximum absolute atomic E-state index is 14.6. The molecule has 4 aliphatic rings. The molecule has 1 fully saturated rings. The van der Waals surface area contributed by atoms with E-state index in [0.29, 0.717) is 10.7 Å². The Bertz CT molecular complexity index is 1170. The van der Waals surface area contributed by atoms with Crippen LogP contribution in [0.4, 0.5) is 10.1 Å². The second-order valence-electron chi connectivity index (χ2n) is 9.83. The first-order valence-electron chi connectivity index (χ1n) is 12.4. The fraction of sp³-hybridized carbons (Fsp3) is 0.407. The zero-order valence-corrected chi connectivity index (χ0v) is 20.3. The molecule has 2 aromatic rings. The summed E-state index contributed by atoms with van der Waals surface area (Å²) in [4.78, 5) is 2.63. The first kappa shape index (κ1) is 22.0. The van der Waals surface area contributed by atoms with Crippen molar-refractivity contribution in [1.82, 2.24) is 20.9 Å². The predicted octanol–water partition coefficient (Wildman–Crippen LogP) is 5.69. The minimum absolute atomic E-state index is 0.0358. The van der Waals surface area contributed by atoms with Crippen LogP contribution in [0.15, 0.2) is 48.2 Å². The highest BCUT2D eigenvalue weighted by atomic mass is 35.5. The van der Waals surface area contributed by atoms with E-state index in [1.165, 1.54) is 47.6 Å². The number of nitrogens with zero attached hydrogens (tertiary/aromatic N) is 2. The summed E-state index contributed by atoms with van der Waals surface area (Å²) >= 11 is 6.19. The van der Waals surface area contributed by atoms with Gasteiger partial charge in [-0.25, -0.2) is 4.39 Å². The van der Waals surface area contributed by atoms with Crippen molar-refractivity contribution in [2.75, 3.05) is 25.0 Å². The monoisotopic (exact) mass is 479 g/mol. The molecule has 0 amide bonds. The summed E-state index contributed by atoms with van der Waals surface area (Å²) in [5.74, 6) is -0.284. The number of rotatable bonds is 4. The van der Waals surface area contributed by atoms with Crippen LogP contribution in [0.25, 0.3) is 11.3 Å². The molecule has 0 aromatic heterocycles. The Hall–Kier alpha value is -2.54. The molecular weight excluding hydrogens is 449 g/mol. The molecule has 0 spiro atoms. The molecular formula is C27H31ClFN5. The van der Waals surface area contributed by atoms with Crippen molar-refractivity contribution >= 4 is 28.6 Å². The van der Waals surface area contributed by atoms with E-state index in [9.17, 15) is 4.39 Å². The van der Waals surface area contributed by atoms with Crippen molar-refractivity contribution in [3.63, 3.8) is 0 Å². The summed E-state index contributed by atoms with van der Waals surface area (Å²) in [6, 6.07) is 12.2. The number of hydrogen-bond acceptors (Lipinski definition) is 5. The fourth-order valence-electron chi connectivity index (χ4n) is 5.64. The Morgan fingerprint density at radius 3 is 2.74 bits per heavy atom. The smallest absolute Gasteiger partial charge is 0.146 e. The maximum Gasteiger partial charge on any atom is 0.146 e. The van der Waals surface area contributed by atoms with E-state index >= 15 is 0 Å². The first-order chi connectivity index (χ1) is 16.6. The third-order valence-corrected chi connectivity index (χ3v) is 8.02. The summed E-state index contributed by atoms with van der Waals surface area (Å²) in [6.07, 6.45) is 8.38. The zero-order valence-electron chi connectivity index (χ0n) is 19.5. The summed E-state index contributed by atoms with van der Waals surface area (Å²) in [7, 11) is 0. The number of halogens is 2. The number of allylic oxidation sites excluding steroid dienone is 1. The van der Waals surface area contributed by atoms with Crippen LogP contribution < -0.4 is 16.3 Å². The molecule has 34 heavy (non-hydrogen) atoms. The van der Waals surface area contributed by atoms with Crippen molar-refractivity contribution in [3.05, 3.63) is 75.7 Å². The molecule has 5 nitrogen and oxygen atoms in total. The van der Waals surface area contributed by atoms with Crippen LogP contribution in [0.3, 0.4) is 0 Å². The number of hydrazine groups is 2. The van der Waals surface area contributed by atoms with Gasteiger partial charge in [-0.1, -0.05) is 36.2 Å². The Labute approximate surface area is 205 Å². The van der Waals surface area contributed by atoms with E-state index in [-0.39, 0.29) is 11.9 Å². The first-order valence-corrected chi connectivity index (χ1v) is 12.7. The molecule has 6 rings (SSSR count). The molecule has 178 valence electrons. The van der Waals surface area contributed by atoms with Gasteiger partial charge in [-0.3, -0.25) is 9.91 Å². The lowest BCUT2D eigenvalue weighted by Crippen LogP contribution is -2.42. The number of anilines is 1.